The van der Waals surface area contributed by atoms with Crippen molar-refractivity contribution >= 4 is 23.6 Å². The third-order valence-electron chi connectivity index (χ3n) is 7.79. The highest BCUT2D eigenvalue weighted by Gasteiger charge is 2.43. The van der Waals surface area contributed by atoms with Gasteiger partial charge in [0.15, 0.2) is 0 Å². The highest BCUT2D eigenvalue weighted by atomic mass is 16.6. The molecular formula is C27H40N4O6. The highest BCUT2D eigenvalue weighted by Crippen LogP contribution is 2.34. The van der Waals surface area contributed by atoms with Gasteiger partial charge in [-0.25, -0.2) is 10.3 Å². The fourth-order valence-electron chi connectivity index (χ4n) is 5.46. The molecule has 2 N–H and O–H groups in total. The van der Waals surface area contributed by atoms with Gasteiger partial charge in [-0.2, -0.15) is 0 Å². The number of amides is 3. The summed E-state index contributed by atoms with van der Waals surface area (Å²) < 4.78 is 10.9. The molecule has 3 atom stereocenters. The lowest BCUT2D eigenvalue weighted by Crippen LogP contribution is -2.53. The Bertz CT molecular complexity index is 949. The molecule has 0 aromatic heterocycles. The topological polar surface area (TPSA) is 112 Å². The second-order valence-electron chi connectivity index (χ2n) is 11.2. The van der Waals surface area contributed by atoms with Gasteiger partial charge in [0.1, 0.15) is 6.10 Å². The minimum atomic E-state index is -0.753. The Morgan fingerprint density at radius 3 is 2.16 bits per heavy atom. The molecule has 0 radical (unpaired) electrons. The van der Waals surface area contributed by atoms with Crippen LogP contribution in [0, 0.1) is 11.8 Å². The van der Waals surface area contributed by atoms with Crippen LogP contribution in [0.5, 0.6) is 0 Å². The summed E-state index contributed by atoms with van der Waals surface area (Å²) >= 11 is 0. The van der Waals surface area contributed by atoms with Gasteiger partial charge < -0.3 is 24.2 Å². The Labute approximate surface area is 218 Å². The molecule has 1 aromatic rings. The zero-order valence-electron chi connectivity index (χ0n) is 22.1. The number of rotatable bonds is 4. The smallest absolute Gasteiger partial charge is 0.410 e. The van der Waals surface area contributed by atoms with Crippen molar-refractivity contribution in [1.29, 1.82) is 0 Å². The zero-order chi connectivity index (χ0) is 26.6. The van der Waals surface area contributed by atoms with E-state index in [1.165, 1.54) is 5.56 Å². The SMILES string of the molecule is CC(C)(C)c1ccc(N2CCN(C(=O)[C@H]3CC[C@H](OC(=O)N4CCOCC4)C[C@@H]3C(=O)NO)CC2)cc1. The molecule has 3 aliphatic rings. The first kappa shape index (κ1) is 27.2. The molecule has 3 fully saturated rings. The summed E-state index contributed by atoms with van der Waals surface area (Å²) in [5.74, 6) is -1.99. The Morgan fingerprint density at radius 1 is 0.919 bits per heavy atom. The molecule has 204 valence electrons. The average Bonchev–Trinajstić information content (AvgIpc) is 2.92. The Balaban J connectivity index is 1.33. The fraction of sp³-hybridized carbons (Fsp3) is 0.667. The standard InChI is InChI=1S/C27H40N4O6/c1-27(2,3)19-4-6-20(7-5-19)29-10-12-30(13-11-29)25(33)22-9-8-21(18-23(22)24(32)28-35)37-26(34)31-14-16-36-17-15-31/h4-7,21-23,35H,8-18H2,1-3H3,(H,28,32)/t21-,22-,23-/m0/s1. The van der Waals surface area contributed by atoms with Crippen molar-refractivity contribution in [3.8, 4) is 0 Å². The van der Waals surface area contributed by atoms with E-state index in [4.69, 9.17) is 9.47 Å². The summed E-state index contributed by atoms with van der Waals surface area (Å²) in [4.78, 5) is 44.2. The maximum Gasteiger partial charge on any atom is 0.410 e. The number of benzene rings is 1. The number of hydrogen-bond acceptors (Lipinski definition) is 7. The lowest BCUT2D eigenvalue weighted by Gasteiger charge is -2.41. The van der Waals surface area contributed by atoms with Gasteiger partial charge in [-0.1, -0.05) is 32.9 Å². The van der Waals surface area contributed by atoms with Crippen molar-refractivity contribution in [1.82, 2.24) is 15.3 Å². The molecule has 1 saturated carbocycles. The first-order chi connectivity index (χ1) is 17.7. The molecule has 0 spiro atoms. The van der Waals surface area contributed by atoms with E-state index in [1.54, 1.807) is 10.4 Å². The molecule has 10 nitrogen and oxygen atoms in total. The minimum Gasteiger partial charge on any atom is -0.446 e. The predicted molar refractivity (Wildman–Crippen MR) is 137 cm³/mol. The van der Waals surface area contributed by atoms with E-state index in [0.29, 0.717) is 65.3 Å². The van der Waals surface area contributed by atoms with Crippen LogP contribution in [0.1, 0.15) is 45.6 Å². The number of nitrogens with zero attached hydrogens (tertiary/aromatic N) is 3. The monoisotopic (exact) mass is 516 g/mol. The fourth-order valence-corrected chi connectivity index (χ4v) is 5.46. The summed E-state index contributed by atoms with van der Waals surface area (Å²) in [7, 11) is 0. The van der Waals surface area contributed by atoms with Crippen LogP contribution in [0.2, 0.25) is 0 Å². The minimum absolute atomic E-state index is 0.0747. The molecule has 2 saturated heterocycles. The lowest BCUT2D eigenvalue weighted by atomic mass is 9.76. The number of hydrogen-bond donors (Lipinski definition) is 2. The predicted octanol–water partition coefficient (Wildman–Crippen LogP) is 2.39. The average molecular weight is 517 g/mol. The van der Waals surface area contributed by atoms with Crippen LogP contribution in [0.15, 0.2) is 24.3 Å². The van der Waals surface area contributed by atoms with Gasteiger partial charge in [0.25, 0.3) is 0 Å². The Morgan fingerprint density at radius 2 is 1.57 bits per heavy atom. The Kier molecular flexibility index (Phi) is 8.59. The molecule has 4 rings (SSSR count). The number of anilines is 1. The van der Waals surface area contributed by atoms with E-state index in [-0.39, 0.29) is 17.7 Å². The highest BCUT2D eigenvalue weighted by molar-refractivity contribution is 5.87. The summed E-state index contributed by atoms with van der Waals surface area (Å²) in [5.41, 5.74) is 4.24. The molecule has 1 aromatic carbocycles. The van der Waals surface area contributed by atoms with Crippen LogP contribution in [-0.2, 0) is 24.5 Å². The van der Waals surface area contributed by atoms with Gasteiger partial charge in [-0.15, -0.1) is 0 Å². The molecule has 37 heavy (non-hydrogen) atoms. The summed E-state index contributed by atoms with van der Waals surface area (Å²) in [5, 5.41) is 9.34. The number of piperazine rings is 1. The van der Waals surface area contributed by atoms with Crippen LogP contribution >= 0.6 is 0 Å². The van der Waals surface area contributed by atoms with E-state index >= 15 is 0 Å². The van der Waals surface area contributed by atoms with E-state index in [0.717, 1.165) is 5.69 Å². The quantitative estimate of drug-likeness (QED) is 0.467. The van der Waals surface area contributed by atoms with Crippen LogP contribution in [0.25, 0.3) is 0 Å². The summed E-state index contributed by atoms with van der Waals surface area (Å²) in [6.45, 7) is 11.0. The number of carbonyl (C=O) groups is 3. The molecule has 3 amide bonds. The summed E-state index contributed by atoms with van der Waals surface area (Å²) in [6, 6.07) is 8.60. The van der Waals surface area contributed by atoms with Crippen molar-refractivity contribution in [2.75, 3.05) is 57.4 Å². The van der Waals surface area contributed by atoms with Crippen LogP contribution in [-0.4, -0.2) is 91.5 Å². The van der Waals surface area contributed by atoms with Crippen molar-refractivity contribution < 1.29 is 29.1 Å². The zero-order valence-corrected chi connectivity index (χ0v) is 22.1. The van der Waals surface area contributed by atoms with Gasteiger partial charge in [-0.05, 0) is 42.4 Å². The molecule has 2 heterocycles. The van der Waals surface area contributed by atoms with E-state index < -0.39 is 29.9 Å². The lowest BCUT2D eigenvalue weighted by molar-refractivity contribution is -0.149. The van der Waals surface area contributed by atoms with Gasteiger partial charge in [0.05, 0.1) is 25.0 Å². The third kappa shape index (κ3) is 6.54. The molecule has 0 bridgehead atoms. The molecule has 1 aliphatic carbocycles. The first-order valence-electron chi connectivity index (χ1n) is 13.3. The van der Waals surface area contributed by atoms with Crippen LogP contribution in [0.3, 0.4) is 0 Å². The third-order valence-corrected chi connectivity index (χ3v) is 7.79. The second-order valence-corrected chi connectivity index (χ2v) is 11.2. The van der Waals surface area contributed by atoms with Crippen molar-refractivity contribution in [3.63, 3.8) is 0 Å². The van der Waals surface area contributed by atoms with Crippen LogP contribution < -0.4 is 10.4 Å². The largest absolute Gasteiger partial charge is 0.446 e. The first-order valence-corrected chi connectivity index (χ1v) is 13.3. The number of carbonyl (C=O) groups excluding carboxylic acids is 3. The van der Waals surface area contributed by atoms with Crippen LogP contribution in [0.4, 0.5) is 10.5 Å². The number of nitrogens with one attached hydrogen (secondary N) is 1. The molecular weight excluding hydrogens is 476 g/mol. The van der Waals surface area contributed by atoms with Crippen molar-refractivity contribution in [2.45, 2.75) is 51.6 Å². The number of morpholine rings is 1. The molecule has 2 aliphatic heterocycles. The maximum absolute atomic E-state index is 13.5. The molecule has 10 heteroatoms. The van der Waals surface area contributed by atoms with Gasteiger partial charge >= 0.3 is 6.09 Å². The van der Waals surface area contributed by atoms with E-state index in [2.05, 4.69) is 49.9 Å². The van der Waals surface area contributed by atoms with Gasteiger partial charge in [0.2, 0.25) is 11.8 Å². The number of hydroxylamine groups is 1. The van der Waals surface area contributed by atoms with Gasteiger partial charge in [0, 0.05) is 45.0 Å². The molecule has 0 unspecified atom stereocenters. The maximum atomic E-state index is 13.5. The van der Waals surface area contributed by atoms with Crippen molar-refractivity contribution in [3.05, 3.63) is 29.8 Å². The second kappa shape index (κ2) is 11.7. The van der Waals surface area contributed by atoms with E-state index in [1.807, 2.05) is 4.90 Å². The normalized spacial score (nSPS) is 25.0. The number of ether oxygens (including phenoxy) is 2. The van der Waals surface area contributed by atoms with Gasteiger partial charge in [-0.3, -0.25) is 14.8 Å². The summed E-state index contributed by atoms with van der Waals surface area (Å²) in [6.07, 6.45) is 0.232. The Hall–Kier alpha value is -2.85. The van der Waals surface area contributed by atoms with E-state index in [9.17, 15) is 19.6 Å². The van der Waals surface area contributed by atoms with Crippen molar-refractivity contribution in [2.24, 2.45) is 11.8 Å².